The van der Waals surface area contributed by atoms with Gasteiger partial charge in [0, 0.05) is 11.4 Å². The first-order valence-electron chi connectivity index (χ1n) is 9.49. The molecule has 1 atom stereocenters. The van der Waals surface area contributed by atoms with Crippen molar-refractivity contribution in [2.24, 2.45) is 0 Å². The zero-order chi connectivity index (χ0) is 18.7. The highest BCUT2D eigenvalue weighted by Crippen LogP contribution is 2.35. The quantitative estimate of drug-likeness (QED) is 0.741. The standard InChI is InChI=1S/C19H27N3O3S/c1-3-9-19(10-4-2)17(24)22(18(25)20-19)13-16(23)21-11-5-7-14(21)15-8-6-12-26-15/h6,8,12,14H,3-5,7,9-11,13H2,1-2H3,(H,20,25)/t14-/m0/s1. The molecule has 2 aliphatic heterocycles. The van der Waals surface area contributed by atoms with Crippen molar-refractivity contribution >= 4 is 29.2 Å². The van der Waals surface area contributed by atoms with Gasteiger partial charge in [-0.3, -0.25) is 14.5 Å². The van der Waals surface area contributed by atoms with Crippen LogP contribution in [0.1, 0.15) is 63.3 Å². The number of carbonyl (C=O) groups is 3. The van der Waals surface area contributed by atoms with Crippen molar-refractivity contribution in [2.45, 2.75) is 64.0 Å². The fraction of sp³-hybridized carbons (Fsp3) is 0.632. The second-order valence-corrected chi connectivity index (χ2v) is 8.14. The maximum Gasteiger partial charge on any atom is 0.325 e. The smallest absolute Gasteiger partial charge is 0.325 e. The molecular weight excluding hydrogens is 350 g/mol. The third kappa shape index (κ3) is 3.37. The zero-order valence-electron chi connectivity index (χ0n) is 15.5. The number of rotatable bonds is 7. The molecule has 1 N–H and O–H groups in total. The highest BCUT2D eigenvalue weighted by Gasteiger charge is 2.50. The average molecular weight is 378 g/mol. The fourth-order valence-corrected chi connectivity index (χ4v) is 5.08. The Hall–Kier alpha value is -1.89. The van der Waals surface area contributed by atoms with Crippen molar-refractivity contribution in [2.75, 3.05) is 13.1 Å². The molecule has 26 heavy (non-hydrogen) atoms. The Bertz CT molecular complexity index is 668. The molecule has 0 bridgehead atoms. The summed E-state index contributed by atoms with van der Waals surface area (Å²) in [5.74, 6) is -0.389. The number of carbonyl (C=O) groups excluding carboxylic acids is 3. The molecule has 3 rings (SSSR count). The first-order valence-corrected chi connectivity index (χ1v) is 10.4. The third-order valence-corrected chi connectivity index (χ3v) is 6.31. The highest BCUT2D eigenvalue weighted by atomic mass is 32.1. The lowest BCUT2D eigenvalue weighted by Gasteiger charge is -2.27. The van der Waals surface area contributed by atoms with Crippen molar-refractivity contribution < 1.29 is 14.4 Å². The predicted octanol–water partition coefficient (Wildman–Crippen LogP) is 3.30. The summed E-state index contributed by atoms with van der Waals surface area (Å²) in [6.07, 6.45) is 4.71. The lowest BCUT2D eigenvalue weighted by Crippen LogP contribution is -2.47. The van der Waals surface area contributed by atoms with E-state index >= 15 is 0 Å². The topological polar surface area (TPSA) is 69.7 Å². The SMILES string of the molecule is CCCC1(CCC)NC(=O)N(CC(=O)N2CCC[C@H]2c2cccs2)C1=O. The molecule has 0 aromatic carbocycles. The highest BCUT2D eigenvalue weighted by molar-refractivity contribution is 7.10. The minimum atomic E-state index is -0.834. The number of nitrogens with one attached hydrogen (secondary N) is 1. The molecule has 4 amide bonds. The Balaban J connectivity index is 1.72. The maximum atomic E-state index is 13.0. The van der Waals surface area contributed by atoms with Crippen molar-refractivity contribution in [1.82, 2.24) is 15.1 Å². The van der Waals surface area contributed by atoms with Gasteiger partial charge in [-0.25, -0.2) is 4.79 Å². The molecule has 0 unspecified atom stereocenters. The van der Waals surface area contributed by atoms with Crippen LogP contribution in [0.5, 0.6) is 0 Å². The zero-order valence-corrected chi connectivity index (χ0v) is 16.3. The van der Waals surface area contributed by atoms with Crippen molar-refractivity contribution in [3.05, 3.63) is 22.4 Å². The summed E-state index contributed by atoms with van der Waals surface area (Å²) in [6, 6.07) is 3.67. The number of likely N-dealkylation sites (tertiary alicyclic amines) is 1. The molecule has 1 aromatic heterocycles. The molecule has 7 heteroatoms. The van der Waals surface area contributed by atoms with Gasteiger partial charge in [-0.1, -0.05) is 32.8 Å². The van der Waals surface area contributed by atoms with Crippen molar-refractivity contribution in [1.29, 1.82) is 0 Å². The fourth-order valence-electron chi connectivity index (χ4n) is 4.21. The van der Waals surface area contributed by atoms with E-state index in [0.717, 1.165) is 30.6 Å². The van der Waals surface area contributed by atoms with Gasteiger partial charge in [0.15, 0.2) is 0 Å². The van der Waals surface area contributed by atoms with Crippen LogP contribution < -0.4 is 5.32 Å². The Kier molecular flexibility index (Phi) is 5.65. The molecule has 6 nitrogen and oxygen atoms in total. The molecule has 2 aliphatic rings. The Morgan fingerprint density at radius 1 is 1.31 bits per heavy atom. The monoisotopic (exact) mass is 377 g/mol. The summed E-state index contributed by atoms with van der Waals surface area (Å²) >= 11 is 1.64. The van der Waals surface area contributed by atoms with E-state index in [0.29, 0.717) is 19.4 Å². The van der Waals surface area contributed by atoms with Gasteiger partial charge in [-0.2, -0.15) is 0 Å². The van der Waals surface area contributed by atoms with Gasteiger partial charge < -0.3 is 10.2 Å². The van der Waals surface area contributed by atoms with Crippen molar-refractivity contribution in [3.63, 3.8) is 0 Å². The molecule has 0 aliphatic carbocycles. The summed E-state index contributed by atoms with van der Waals surface area (Å²) in [5.41, 5.74) is -0.834. The van der Waals surface area contributed by atoms with Crippen LogP contribution in [-0.2, 0) is 9.59 Å². The van der Waals surface area contributed by atoms with Crippen LogP contribution in [0.15, 0.2) is 17.5 Å². The van der Waals surface area contributed by atoms with E-state index in [1.165, 1.54) is 4.88 Å². The van der Waals surface area contributed by atoms with E-state index in [-0.39, 0.29) is 24.4 Å². The lowest BCUT2D eigenvalue weighted by atomic mass is 9.88. The second-order valence-electron chi connectivity index (χ2n) is 7.16. The summed E-state index contributed by atoms with van der Waals surface area (Å²) in [7, 11) is 0. The number of nitrogens with zero attached hydrogens (tertiary/aromatic N) is 2. The third-order valence-electron chi connectivity index (χ3n) is 5.34. The van der Waals surface area contributed by atoms with Crippen LogP contribution in [0, 0.1) is 0 Å². The molecule has 2 fully saturated rings. The Morgan fingerprint density at radius 3 is 2.65 bits per heavy atom. The average Bonchev–Trinajstić information content (AvgIpc) is 3.32. The molecule has 1 aromatic rings. The minimum Gasteiger partial charge on any atom is -0.333 e. The van der Waals surface area contributed by atoms with E-state index in [1.54, 1.807) is 11.3 Å². The van der Waals surface area contributed by atoms with Crippen LogP contribution in [0.2, 0.25) is 0 Å². The molecule has 0 spiro atoms. The Labute approximate surface area is 158 Å². The number of hydrogen-bond donors (Lipinski definition) is 1. The van der Waals surface area contributed by atoms with Crippen LogP contribution in [0.4, 0.5) is 4.79 Å². The normalized spacial score (nSPS) is 22.2. The summed E-state index contributed by atoms with van der Waals surface area (Å²) in [5, 5.41) is 4.88. The number of urea groups is 1. The second kappa shape index (κ2) is 7.78. The number of imide groups is 1. The molecule has 0 radical (unpaired) electrons. The van der Waals surface area contributed by atoms with E-state index in [1.807, 2.05) is 36.3 Å². The van der Waals surface area contributed by atoms with E-state index in [9.17, 15) is 14.4 Å². The van der Waals surface area contributed by atoms with Crippen LogP contribution >= 0.6 is 11.3 Å². The largest absolute Gasteiger partial charge is 0.333 e. The lowest BCUT2D eigenvalue weighted by molar-refractivity contribution is -0.139. The summed E-state index contributed by atoms with van der Waals surface area (Å²) in [4.78, 5) is 42.4. The molecule has 0 saturated carbocycles. The van der Waals surface area contributed by atoms with Gasteiger partial charge in [0.25, 0.3) is 5.91 Å². The van der Waals surface area contributed by atoms with Gasteiger partial charge >= 0.3 is 6.03 Å². The van der Waals surface area contributed by atoms with Crippen molar-refractivity contribution in [3.8, 4) is 0 Å². The van der Waals surface area contributed by atoms with E-state index in [2.05, 4.69) is 5.32 Å². The summed E-state index contributed by atoms with van der Waals surface area (Å²) < 4.78 is 0. The molecule has 2 saturated heterocycles. The predicted molar refractivity (Wildman–Crippen MR) is 101 cm³/mol. The maximum absolute atomic E-state index is 13.0. The summed E-state index contributed by atoms with van der Waals surface area (Å²) in [6.45, 7) is 4.52. The van der Waals surface area contributed by atoms with Crippen LogP contribution in [0.25, 0.3) is 0 Å². The van der Waals surface area contributed by atoms with Gasteiger partial charge in [0.2, 0.25) is 5.91 Å². The van der Waals surface area contributed by atoms with Gasteiger partial charge in [0.1, 0.15) is 12.1 Å². The molecule has 3 heterocycles. The molecule has 142 valence electrons. The van der Waals surface area contributed by atoms with Crippen LogP contribution in [-0.4, -0.2) is 46.3 Å². The first kappa shape index (κ1) is 18.9. The van der Waals surface area contributed by atoms with E-state index < -0.39 is 11.6 Å². The van der Waals surface area contributed by atoms with Gasteiger partial charge in [0.05, 0.1) is 6.04 Å². The Morgan fingerprint density at radius 2 is 2.04 bits per heavy atom. The number of hydrogen-bond acceptors (Lipinski definition) is 4. The molecular formula is C19H27N3O3S. The number of amides is 4. The van der Waals surface area contributed by atoms with Gasteiger partial charge in [-0.05, 0) is 37.1 Å². The first-order chi connectivity index (χ1) is 12.5. The van der Waals surface area contributed by atoms with Crippen LogP contribution in [0.3, 0.4) is 0 Å². The minimum absolute atomic E-state index is 0.0688. The number of thiophene rings is 1. The van der Waals surface area contributed by atoms with Gasteiger partial charge in [-0.15, -0.1) is 11.3 Å². The van der Waals surface area contributed by atoms with E-state index in [4.69, 9.17) is 0 Å².